The van der Waals surface area contributed by atoms with Gasteiger partial charge in [-0.1, -0.05) is 12.2 Å². The second-order valence-corrected chi connectivity index (χ2v) is 2.61. The summed E-state index contributed by atoms with van der Waals surface area (Å²) in [6.07, 6.45) is 6.40. The van der Waals surface area contributed by atoms with Crippen LogP contribution in [0.1, 0.15) is 25.7 Å². The minimum absolute atomic E-state index is 0.428. The molecular formula is C10H16N2. The second-order valence-electron chi connectivity index (χ2n) is 2.61. The van der Waals surface area contributed by atoms with Gasteiger partial charge in [0.15, 0.2) is 0 Å². The molecule has 2 heteroatoms. The van der Waals surface area contributed by atoms with Crippen molar-refractivity contribution >= 4 is 11.4 Å². The summed E-state index contributed by atoms with van der Waals surface area (Å²) in [5.41, 5.74) is 0.855. The third-order valence-corrected chi connectivity index (χ3v) is 1.56. The molecule has 0 aromatic carbocycles. The van der Waals surface area contributed by atoms with Gasteiger partial charge in [-0.25, -0.2) is 0 Å². The Morgan fingerprint density at radius 3 is 1.50 bits per heavy atom. The van der Waals surface area contributed by atoms with Crippen molar-refractivity contribution in [3.8, 4) is 0 Å². The predicted molar refractivity (Wildman–Crippen MR) is 54.3 cm³/mol. The second kappa shape index (κ2) is 6.53. The van der Waals surface area contributed by atoms with Gasteiger partial charge >= 0.3 is 0 Å². The molecule has 0 aromatic heterocycles. The van der Waals surface area contributed by atoms with E-state index in [1.807, 2.05) is 0 Å². The minimum Gasteiger partial charge on any atom is -0.303 e. The van der Waals surface area contributed by atoms with Crippen LogP contribution in [0.3, 0.4) is 0 Å². The Morgan fingerprint density at radius 2 is 1.25 bits per heavy atom. The number of hydrogen-bond acceptors (Lipinski definition) is 2. The SMILES string of the molecule is C=CCCC(=N)C(=N)CCC=C. The summed E-state index contributed by atoms with van der Waals surface area (Å²) < 4.78 is 0. The zero-order valence-corrected chi connectivity index (χ0v) is 7.40. The predicted octanol–water partition coefficient (Wildman–Crippen LogP) is 2.96. The van der Waals surface area contributed by atoms with Gasteiger partial charge in [-0.15, -0.1) is 13.2 Å². The van der Waals surface area contributed by atoms with Crippen LogP contribution >= 0.6 is 0 Å². The van der Waals surface area contributed by atoms with E-state index in [2.05, 4.69) is 13.2 Å². The van der Waals surface area contributed by atoms with Gasteiger partial charge in [0.25, 0.3) is 0 Å². The molecule has 2 nitrogen and oxygen atoms in total. The third-order valence-electron chi connectivity index (χ3n) is 1.56. The standard InChI is InChI=1S/C10H16N2/c1-3-5-7-9(11)10(12)8-6-4-2/h3-4,11-12H,1-2,5-8H2. The van der Waals surface area contributed by atoms with Crippen LogP contribution in [-0.4, -0.2) is 11.4 Å². The van der Waals surface area contributed by atoms with Gasteiger partial charge in [-0.05, 0) is 25.7 Å². The Morgan fingerprint density at radius 1 is 0.917 bits per heavy atom. The molecule has 0 fully saturated rings. The van der Waals surface area contributed by atoms with E-state index >= 15 is 0 Å². The molecule has 12 heavy (non-hydrogen) atoms. The zero-order valence-electron chi connectivity index (χ0n) is 7.40. The Kier molecular flexibility index (Phi) is 5.88. The smallest absolute Gasteiger partial charge is 0.0524 e. The largest absolute Gasteiger partial charge is 0.303 e. The van der Waals surface area contributed by atoms with Gasteiger partial charge in [0, 0.05) is 0 Å². The molecule has 0 saturated carbocycles. The molecule has 0 aromatic rings. The van der Waals surface area contributed by atoms with E-state index in [9.17, 15) is 0 Å². The summed E-state index contributed by atoms with van der Waals surface area (Å²) in [6.45, 7) is 7.14. The van der Waals surface area contributed by atoms with Crippen LogP contribution in [0.2, 0.25) is 0 Å². The highest BCUT2D eigenvalue weighted by Crippen LogP contribution is 1.99. The molecule has 0 aliphatic rings. The highest BCUT2D eigenvalue weighted by molar-refractivity contribution is 6.39. The average Bonchev–Trinajstić information content (AvgIpc) is 2.10. The van der Waals surface area contributed by atoms with E-state index in [0.717, 1.165) is 12.8 Å². The maximum atomic E-state index is 7.47. The minimum atomic E-state index is 0.428. The van der Waals surface area contributed by atoms with Crippen molar-refractivity contribution in [2.45, 2.75) is 25.7 Å². The molecule has 0 aliphatic heterocycles. The lowest BCUT2D eigenvalue weighted by Crippen LogP contribution is -2.10. The maximum absolute atomic E-state index is 7.47. The number of hydrogen-bond donors (Lipinski definition) is 2. The summed E-state index contributed by atoms with van der Waals surface area (Å²) >= 11 is 0. The molecular weight excluding hydrogens is 148 g/mol. The van der Waals surface area contributed by atoms with E-state index in [1.165, 1.54) is 0 Å². The lowest BCUT2D eigenvalue weighted by molar-refractivity contribution is 1.06. The average molecular weight is 164 g/mol. The Balaban J connectivity index is 3.68. The van der Waals surface area contributed by atoms with Crippen LogP contribution in [0.5, 0.6) is 0 Å². The molecule has 2 N–H and O–H groups in total. The number of allylic oxidation sites excluding steroid dienone is 2. The first kappa shape index (κ1) is 10.8. The van der Waals surface area contributed by atoms with Crippen molar-refractivity contribution in [2.24, 2.45) is 0 Å². The summed E-state index contributed by atoms with van der Waals surface area (Å²) in [5, 5.41) is 14.9. The van der Waals surface area contributed by atoms with E-state index in [-0.39, 0.29) is 0 Å². The van der Waals surface area contributed by atoms with Crippen molar-refractivity contribution in [3.63, 3.8) is 0 Å². The summed E-state index contributed by atoms with van der Waals surface area (Å²) in [4.78, 5) is 0. The molecule has 0 aliphatic carbocycles. The van der Waals surface area contributed by atoms with Crippen molar-refractivity contribution in [1.82, 2.24) is 0 Å². The fourth-order valence-corrected chi connectivity index (χ4v) is 0.795. The lowest BCUT2D eigenvalue weighted by Gasteiger charge is -2.01. The quantitative estimate of drug-likeness (QED) is 0.429. The van der Waals surface area contributed by atoms with Crippen LogP contribution in [0.25, 0.3) is 0 Å². The number of rotatable bonds is 7. The first-order chi connectivity index (χ1) is 5.72. The van der Waals surface area contributed by atoms with Crippen molar-refractivity contribution in [1.29, 1.82) is 10.8 Å². The molecule has 0 bridgehead atoms. The highest BCUT2D eigenvalue weighted by Gasteiger charge is 2.01. The van der Waals surface area contributed by atoms with Crippen LogP contribution in [0.4, 0.5) is 0 Å². The van der Waals surface area contributed by atoms with Crippen LogP contribution in [0, 0.1) is 10.8 Å². The Labute approximate surface area is 74.0 Å². The Bertz CT molecular complexity index is 170. The topological polar surface area (TPSA) is 47.7 Å². The van der Waals surface area contributed by atoms with Gasteiger partial charge in [-0.2, -0.15) is 0 Å². The molecule has 0 heterocycles. The zero-order chi connectivity index (χ0) is 9.40. The molecule has 0 spiro atoms. The molecule has 0 unspecified atom stereocenters. The van der Waals surface area contributed by atoms with Crippen molar-refractivity contribution < 1.29 is 0 Å². The van der Waals surface area contributed by atoms with Gasteiger partial charge < -0.3 is 10.8 Å². The van der Waals surface area contributed by atoms with Crippen LogP contribution in [0.15, 0.2) is 25.3 Å². The van der Waals surface area contributed by atoms with Gasteiger partial charge in [0.05, 0.1) is 11.4 Å². The van der Waals surface area contributed by atoms with E-state index in [0.29, 0.717) is 24.3 Å². The molecule has 0 amide bonds. The summed E-state index contributed by atoms with van der Waals surface area (Å²) in [6, 6.07) is 0. The van der Waals surface area contributed by atoms with Crippen molar-refractivity contribution in [3.05, 3.63) is 25.3 Å². The first-order valence-electron chi connectivity index (χ1n) is 4.09. The maximum Gasteiger partial charge on any atom is 0.0524 e. The van der Waals surface area contributed by atoms with Crippen molar-refractivity contribution in [2.75, 3.05) is 0 Å². The molecule has 0 rings (SSSR count). The molecule has 0 atom stereocenters. The summed E-state index contributed by atoms with van der Waals surface area (Å²) in [7, 11) is 0. The van der Waals surface area contributed by atoms with Gasteiger partial charge in [-0.3, -0.25) is 0 Å². The fourth-order valence-electron chi connectivity index (χ4n) is 0.795. The van der Waals surface area contributed by atoms with E-state index in [1.54, 1.807) is 12.2 Å². The van der Waals surface area contributed by atoms with Crippen LogP contribution in [-0.2, 0) is 0 Å². The normalized spacial score (nSPS) is 9.00. The third kappa shape index (κ3) is 4.61. The molecule has 66 valence electrons. The van der Waals surface area contributed by atoms with Crippen LogP contribution < -0.4 is 0 Å². The monoisotopic (exact) mass is 164 g/mol. The van der Waals surface area contributed by atoms with E-state index in [4.69, 9.17) is 10.8 Å². The Hall–Kier alpha value is -1.18. The van der Waals surface area contributed by atoms with Gasteiger partial charge in [0.2, 0.25) is 0 Å². The first-order valence-corrected chi connectivity index (χ1v) is 4.09. The molecule has 0 saturated heterocycles. The lowest BCUT2D eigenvalue weighted by atomic mass is 10.1. The fraction of sp³-hybridized carbons (Fsp3) is 0.400. The highest BCUT2D eigenvalue weighted by atomic mass is 14.5. The summed E-state index contributed by atoms with van der Waals surface area (Å²) in [5.74, 6) is 0. The molecule has 0 radical (unpaired) electrons. The van der Waals surface area contributed by atoms with Gasteiger partial charge in [0.1, 0.15) is 0 Å². The number of nitrogens with one attached hydrogen (secondary N) is 2. The van der Waals surface area contributed by atoms with E-state index < -0.39 is 0 Å².